The molecule has 2 aromatic rings. The van der Waals surface area contributed by atoms with Crippen molar-refractivity contribution in [2.45, 2.75) is 19.3 Å². The van der Waals surface area contributed by atoms with Crippen LogP contribution in [0.25, 0.3) is 11.5 Å². The highest BCUT2D eigenvalue weighted by Crippen LogP contribution is 2.27. The topological polar surface area (TPSA) is 77.8 Å². The van der Waals surface area contributed by atoms with Crippen LogP contribution < -0.4 is 5.73 Å². The molecule has 96 valence electrons. The third-order valence-corrected chi connectivity index (χ3v) is 2.98. The maximum atomic E-state index is 6.03. The molecule has 0 saturated heterocycles. The molecule has 0 aliphatic rings. The fourth-order valence-corrected chi connectivity index (χ4v) is 1.95. The van der Waals surface area contributed by atoms with Gasteiger partial charge < -0.3 is 10.3 Å². The van der Waals surface area contributed by atoms with Crippen LogP contribution in [0.15, 0.2) is 16.8 Å². The van der Waals surface area contributed by atoms with Gasteiger partial charge in [-0.15, -0.1) is 0 Å². The molecule has 0 bridgehead atoms. The lowest BCUT2D eigenvalue weighted by atomic mass is 10.1. The molecule has 1 unspecified atom stereocenters. The SMILES string of the molecule is CC(CCN)c1nc(-c2ncc(Cl)cc2Cl)no1. The summed E-state index contributed by atoms with van der Waals surface area (Å²) in [6.07, 6.45) is 2.27. The van der Waals surface area contributed by atoms with E-state index < -0.39 is 0 Å². The molecular formula is C11H12Cl2N4O. The number of nitrogens with zero attached hydrogens (tertiary/aromatic N) is 3. The van der Waals surface area contributed by atoms with Crippen LogP contribution in [-0.2, 0) is 0 Å². The molecule has 2 heterocycles. The summed E-state index contributed by atoms with van der Waals surface area (Å²) in [5.74, 6) is 1.00. The second kappa shape index (κ2) is 5.65. The highest BCUT2D eigenvalue weighted by atomic mass is 35.5. The molecule has 0 aromatic carbocycles. The number of hydrogen-bond acceptors (Lipinski definition) is 5. The van der Waals surface area contributed by atoms with Crippen LogP contribution in [0.4, 0.5) is 0 Å². The molecule has 18 heavy (non-hydrogen) atoms. The van der Waals surface area contributed by atoms with Crippen molar-refractivity contribution in [2.75, 3.05) is 6.54 Å². The van der Waals surface area contributed by atoms with Crippen molar-refractivity contribution < 1.29 is 4.52 Å². The average Bonchev–Trinajstić information content (AvgIpc) is 2.78. The van der Waals surface area contributed by atoms with Crippen molar-refractivity contribution in [3.63, 3.8) is 0 Å². The molecule has 0 aliphatic heterocycles. The summed E-state index contributed by atoms with van der Waals surface area (Å²) in [6.45, 7) is 2.54. The molecule has 2 N–H and O–H groups in total. The van der Waals surface area contributed by atoms with Crippen molar-refractivity contribution in [1.29, 1.82) is 0 Å². The Morgan fingerprint density at radius 1 is 1.44 bits per heavy atom. The maximum absolute atomic E-state index is 6.03. The lowest BCUT2D eigenvalue weighted by Gasteiger charge is -2.01. The van der Waals surface area contributed by atoms with E-state index in [2.05, 4.69) is 15.1 Å². The monoisotopic (exact) mass is 286 g/mol. The van der Waals surface area contributed by atoms with E-state index in [0.29, 0.717) is 34.0 Å². The number of halogens is 2. The minimum Gasteiger partial charge on any atom is -0.339 e. The van der Waals surface area contributed by atoms with E-state index in [1.807, 2.05) is 6.92 Å². The largest absolute Gasteiger partial charge is 0.339 e. The summed E-state index contributed by atoms with van der Waals surface area (Å²) in [4.78, 5) is 8.36. The highest BCUT2D eigenvalue weighted by Gasteiger charge is 2.17. The summed E-state index contributed by atoms with van der Waals surface area (Å²) in [5.41, 5.74) is 5.94. The Hall–Kier alpha value is -1.17. The third kappa shape index (κ3) is 2.80. The first-order valence-electron chi connectivity index (χ1n) is 5.47. The van der Waals surface area contributed by atoms with E-state index in [9.17, 15) is 0 Å². The molecule has 2 aromatic heterocycles. The highest BCUT2D eigenvalue weighted by molar-refractivity contribution is 6.35. The third-order valence-electron chi connectivity index (χ3n) is 2.48. The summed E-state index contributed by atoms with van der Waals surface area (Å²) < 4.78 is 5.17. The molecule has 5 nitrogen and oxygen atoms in total. The molecule has 0 saturated carbocycles. The molecule has 0 radical (unpaired) electrons. The van der Waals surface area contributed by atoms with E-state index in [0.717, 1.165) is 6.42 Å². The standard InChI is InChI=1S/C11H12Cl2N4O/c1-6(2-3-14)11-16-10(17-18-11)9-8(13)4-7(12)5-15-9/h4-6H,2-3,14H2,1H3. The number of rotatable bonds is 4. The van der Waals surface area contributed by atoms with Crippen LogP contribution in [0.2, 0.25) is 10.0 Å². The zero-order chi connectivity index (χ0) is 13.1. The van der Waals surface area contributed by atoms with Crippen molar-refractivity contribution in [3.8, 4) is 11.5 Å². The first kappa shape index (κ1) is 13.3. The van der Waals surface area contributed by atoms with Crippen LogP contribution in [0.3, 0.4) is 0 Å². The first-order valence-corrected chi connectivity index (χ1v) is 6.22. The molecule has 0 spiro atoms. The van der Waals surface area contributed by atoms with Gasteiger partial charge in [0.15, 0.2) is 0 Å². The Labute approximate surface area is 114 Å². The Kier molecular flexibility index (Phi) is 4.16. The van der Waals surface area contributed by atoms with Crippen molar-refractivity contribution in [2.24, 2.45) is 5.73 Å². The summed E-state index contributed by atoms with van der Waals surface area (Å²) in [5, 5.41) is 4.72. The number of nitrogens with two attached hydrogens (primary N) is 1. The van der Waals surface area contributed by atoms with Gasteiger partial charge in [0.1, 0.15) is 5.69 Å². The van der Waals surface area contributed by atoms with Crippen LogP contribution >= 0.6 is 23.2 Å². The van der Waals surface area contributed by atoms with Gasteiger partial charge in [0.05, 0.1) is 10.0 Å². The molecule has 0 aliphatic carbocycles. The minimum atomic E-state index is 0.113. The summed E-state index contributed by atoms with van der Waals surface area (Å²) in [7, 11) is 0. The van der Waals surface area contributed by atoms with E-state index >= 15 is 0 Å². The predicted molar refractivity (Wildman–Crippen MR) is 69.6 cm³/mol. The zero-order valence-electron chi connectivity index (χ0n) is 9.73. The first-order chi connectivity index (χ1) is 8.61. The van der Waals surface area contributed by atoms with Crippen LogP contribution in [0, 0.1) is 0 Å². The fraction of sp³-hybridized carbons (Fsp3) is 0.364. The molecule has 7 heteroatoms. The van der Waals surface area contributed by atoms with Gasteiger partial charge in [0.2, 0.25) is 11.7 Å². The van der Waals surface area contributed by atoms with Gasteiger partial charge in [0.25, 0.3) is 0 Å². The second-order valence-corrected chi connectivity index (χ2v) is 4.76. The molecule has 2 rings (SSSR count). The number of hydrogen-bond donors (Lipinski definition) is 1. The number of pyridine rings is 1. The molecular weight excluding hydrogens is 275 g/mol. The molecule has 1 atom stereocenters. The Morgan fingerprint density at radius 3 is 2.89 bits per heavy atom. The van der Waals surface area contributed by atoms with E-state index in [4.69, 9.17) is 33.5 Å². The smallest absolute Gasteiger partial charge is 0.229 e. The van der Waals surface area contributed by atoms with Gasteiger partial charge in [-0.05, 0) is 19.0 Å². The lowest BCUT2D eigenvalue weighted by molar-refractivity contribution is 0.355. The molecule has 0 amide bonds. The lowest BCUT2D eigenvalue weighted by Crippen LogP contribution is -2.04. The maximum Gasteiger partial charge on any atom is 0.229 e. The average molecular weight is 287 g/mol. The number of aromatic nitrogens is 3. The van der Waals surface area contributed by atoms with Crippen LogP contribution in [0.1, 0.15) is 25.2 Å². The summed E-state index contributed by atoms with van der Waals surface area (Å²) >= 11 is 11.8. The van der Waals surface area contributed by atoms with Crippen LogP contribution in [0.5, 0.6) is 0 Å². The normalized spacial score (nSPS) is 12.7. The summed E-state index contributed by atoms with van der Waals surface area (Å²) in [6, 6.07) is 1.59. The van der Waals surface area contributed by atoms with Gasteiger partial charge in [-0.1, -0.05) is 35.3 Å². The Bertz CT molecular complexity index is 544. The van der Waals surface area contributed by atoms with Gasteiger partial charge in [-0.3, -0.25) is 0 Å². The molecule has 0 fully saturated rings. The van der Waals surface area contributed by atoms with E-state index in [-0.39, 0.29) is 5.92 Å². The van der Waals surface area contributed by atoms with Crippen molar-refractivity contribution in [1.82, 2.24) is 15.1 Å². The fourth-order valence-electron chi connectivity index (χ4n) is 1.48. The van der Waals surface area contributed by atoms with E-state index in [1.54, 1.807) is 6.07 Å². The Balaban J connectivity index is 2.29. The van der Waals surface area contributed by atoms with Gasteiger partial charge in [0, 0.05) is 12.1 Å². The van der Waals surface area contributed by atoms with Crippen molar-refractivity contribution >= 4 is 23.2 Å². The predicted octanol–water partition coefficient (Wildman–Crippen LogP) is 2.89. The quantitative estimate of drug-likeness (QED) is 0.935. The second-order valence-electron chi connectivity index (χ2n) is 3.92. The minimum absolute atomic E-state index is 0.113. The van der Waals surface area contributed by atoms with Crippen molar-refractivity contribution in [3.05, 3.63) is 28.2 Å². The Morgan fingerprint density at radius 2 is 2.22 bits per heavy atom. The van der Waals surface area contributed by atoms with Gasteiger partial charge >= 0.3 is 0 Å². The van der Waals surface area contributed by atoms with Gasteiger partial charge in [-0.2, -0.15) is 4.98 Å². The van der Waals surface area contributed by atoms with Crippen LogP contribution in [-0.4, -0.2) is 21.7 Å². The zero-order valence-corrected chi connectivity index (χ0v) is 11.2. The van der Waals surface area contributed by atoms with Gasteiger partial charge in [-0.25, -0.2) is 4.98 Å². The van der Waals surface area contributed by atoms with E-state index in [1.165, 1.54) is 6.20 Å².